The van der Waals surface area contributed by atoms with Crippen molar-refractivity contribution in [2.24, 2.45) is 5.92 Å². The zero-order valence-corrected chi connectivity index (χ0v) is 22.7. The van der Waals surface area contributed by atoms with Crippen LogP contribution in [0, 0.1) is 12.8 Å². The monoisotopic (exact) mass is 520 g/mol. The van der Waals surface area contributed by atoms with Gasteiger partial charge < -0.3 is 9.15 Å². The lowest BCUT2D eigenvalue weighted by atomic mass is 10.0. The van der Waals surface area contributed by atoms with E-state index < -0.39 is 15.6 Å². The van der Waals surface area contributed by atoms with Gasteiger partial charge in [0.15, 0.2) is 5.01 Å². The largest absolute Gasteiger partial charge is 0.461 e. The highest BCUT2D eigenvalue weighted by molar-refractivity contribution is 7.89. The predicted molar refractivity (Wildman–Crippen MR) is 135 cm³/mol. The number of hydrogen-bond acceptors (Lipinski definition) is 9. The molecule has 0 aliphatic rings. The van der Waals surface area contributed by atoms with Gasteiger partial charge in [0.25, 0.3) is 12.4 Å². The summed E-state index contributed by atoms with van der Waals surface area (Å²) in [6, 6.07) is 4.92. The Morgan fingerprint density at radius 3 is 2.51 bits per heavy atom. The summed E-state index contributed by atoms with van der Waals surface area (Å²) in [5.74, 6) is 0.997. The van der Waals surface area contributed by atoms with Gasteiger partial charge in [0, 0.05) is 6.04 Å². The molecule has 2 aromatic heterocycles. The Bertz CT molecular complexity index is 1290. The van der Waals surface area contributed by atoms with Crippen LogP contribution in [0.25, 0.3) is 21.3 Å². The molecule has 0 spiro atoms. The summed E-state index contributed by atoms with van der Waals surface area (Å²) in [5, 5.41) is 8.83. The van der Waals surface area contributed by atoms with Gasteiger partial charge in [-0.05, 0) is 70.2 Å². The molecule has 0 saturated carbocycles. The van der Waals surface area contributed by atoms with Gasteiger partial charge in [0.1, 0.15) is 5.60 Å². The highest BCUT2D eigenvalue weighted by Crippen LogP contribution is 2.38. The van der Waals surface area contributed by atoms with Crippen molar-refractivity contribution in [3.63, 3.8) is 0 Å². The minimum Gasteiger partial charge on any atom is -0.461 e. The van der Waals surface area contributed by atoms with Crippen molar-refractivity contribution in [2.45, 2.75) is 77.8 Å². The van der Waals surface area contributed by atoms with E-state index in [0.717, 1.165) is 28.1 Å². The molecular weight excluding hydrogens is 488 g/mol. The van der Waals surface area contributed by atoms with Gasteiger partial charge in [-0.1, -0.05) is 19.9 Å². The van der Waals surface area contributed by atoms with Crippen molar-refractivity contribution in [1.82, 2.24) is 19.9 Å². The maximum atomic E-state index is 12.6. The molecule has 35 heavy (non-hydrogen) atoms. The van der Waals surface area contributed by atoms with Gasteiger partial charge in [-0.2, -0.15) is 0 Å². The first-order valence-corrected chi connectivity index (χ1v) is 13.7. The van der Waals surface area contributed by atoms with E-state index in [-0.39, 0.29) is 17.4 Å². The molecule has 3 rings (SSSR count). The lowest BCUT2D eigenvalue weighted by molar-refractivity contribution is -0.140. The van der Waals surface area contributed by atoms with E-state index >= 15 is 0 Å². The number of ether oxygens (including phenoxy) is 1. The smallest absolute Gasteiger partial charge is 0.293 e. The van der Waals surface area contributed by atoms with Crippen LogP contribution in [0.5, 0.6) is 0 Å². The van der Waals surface area contributed by atoms with E-state index in [0.29, 0.717) is 29.2 Å². The number of rotatable bonds is 11. The number of aromatic nitrogens is 3. The van der Waals surface area contributed by atoms with Crippen LogP contribution in [0.15, 0.2) is 27.5 Å². The van der Waals surface area contributed by atoms with Gasteiger partial charge in [0.2, 0.25) is 15.9 Å². The zero-order valence-electron chi connectivity index (χ0n) is 21.1. The molecule has 2 heterocycles. The Morgan fingerprint density at radius 1 is 1.20 bits per heavy atom. The van der Waals surface area contributed by atoms with Crippen LogP contribution in [0.1, 0.15) is 58.7 Å². The number of nitrogens with zero attached hydrogens (tertiary/aromatic N) is 3. The minimum atomic E-state index is -3.59. The first kappa shape index (κ1) is 27.0. The van der Waals surface area contributed by atoms with Crippen molar-refractivity contribution < 1.29 is 22.4 Å². The third kappa shape index (κ3) is 6.74. The van der Waals surface area contributed by atoms with Gasteiger partial charge in [-0.3, -0.25) is 4.79 Å². The second kappa shape index (κ2) is 10.5. The fourth-order valence-corrected chi connectivity index (χ4v) is 6.00. The van der Waals surface area contributed by atoms with Crippen LogP contribution in [0.3, 0.4) is 0 Å². The molecule has 0 aliphatic carbocycles. The number of benzene rings is 1. The molecule has 0 unspecified atom stereocenters. The third-order valence-electron chi connectivity index (χ3n) is 5.04. The Morgan fingerprint density at radius 2 is 1.91 bits per heavy atom. The minimum absolute atomic E-state index is 0.198. The van der Waals surface area contributed by atoms with E-state index in [9.17, 15) is 13.2 Å². The average molecular weight is 521 g/mol. The number of carbonyl (C=O) groups excluding carboxylic acids is 1. The van der Waals surface area contributed by atoms with Crippen LogP contribution in [0.2, 0.25) is 0 Å². The van der Waals surface area contributed by atoms with Crippen molar-refractivity contribution in [3.8, 4) is 21.3 Å². The Balaban J connectivity index is 1.99. The molecule has 11 heteroatoms. The van der Waals surface area contributed by atoms with Gasteiger partial charge in [-0.25, -0.2) is 18.1 Å². The summed E-state index contributed by atoms with van der Waals surface area (Å²) in [4.78, 5) is 16.7. The highest BCUT2D eigenvalue weighted by atomic mass is 32.2. The molecular formula is C24H32N4O5S2. The number of aryl methyl sites for hydroxylation is 1. The Labute approximate surface area is 210 Å². The number of nitrogens with one attached hydrogen (secondary N) is 1. The molecule has 190 valence electrons. The summed E-state index contributed by atoms with van der Waals surface area (Å²) >= 11 is 1.43. The standard InChI is InChI=1S/C24H32N4O5S2/c1-14(2)10-19-21(18-9-8-17(11-16(18)5)35(30,31)28-15(3)4)34-23(25-19)22-27-26-20(33-22)12-24(6,7)32-13-29/h8-9,11,13-15,28H,10,12H2,1-7H3. The van der Waals surface area contributed by atoms with Gasteiger partial charge in [0.05, 0.1) is 21.9 Å². The fourth-order valence-electron chi connectivity index (χ4n) is 3.56. The van der Waals surface area contributed by atoms with Crippen LogP contribution < -0.4 is 4.72 Å². The first-order chi connectivity index (χ1) is 16.3. The summed E-state index contributed by atoms with van der Waals surface area (Å²) in [7, 11) is -3.59. The van der Waals surface area contributed by atoms with E-state index in [2.05, 4.69) is 28.8 Å². The maximum Gasteiger partial charge on any atom is 0.293 e. The van der Waals surface area contributed by atoms with Crippen LogP contribution in [0.4, 0.5) is 0 Å². The summed E-state index contributed by atoms with van der Waals surface area (Å²) in [6.07, 6.45) is 1.01. The molecule has 9 nitrogen and oxygen atoms in total. The molecule has 0 radical (unpaired) electrons. The van der Waals surface area contributed by atoms with Crippen molar-refractivity contribution >= 4 is 27.8 Å². The quantitative estimate of drug-likeness (QED) is 0.365. The highest BCUT2D eigenvalue weighted by Gasteiger charge is 2.26. The van der Waals surface area contributed by atoms with Crippen LogP contribution >= 0.6 is 11.3 Å². The lowest BCUT2D eigenvalue weighted by Crippen LogP contribution is -2.30. The fraction of sp³-hybridized carbons (Fsp3) is 0.500. The first-order valence-electron chi connectivity index (χ1n) is 11.4. The number of carbonyl (C=O) groups is 1. The maximum absolute atomic E-state index is 12.6. The van der Waals surface area contributed by atoms with Gasteiger partial charge in [-0.15, -0.1) is 21.5 Å². The topological polar surface area (TPSA) is 124 Å². The summed E-state index contributed by atoms with van der Waals surface area (Å²) < 4.78 is 38.7. The lowest BCUT2D eigenvalue weighted by Gasteiger charge is -2.19. The summed E-state index contributed by atoms with van der Waals surface area (Å²) in [6.45, 7) is 13.6. The Kier molecular flexibility index (Phi) is 8.13. The second-order valence-corrected chi connectivity index (χ2v) is 12.5. The average Bonchev–Trinajstić information content (AvgIpc) is 3.33. The normalized spacial score (nSPS) is 12.5. The van der Waals surface area contributed by atoms with E-state index in [1.165, 1.54) is 11.3 Å². The van der Waals surface area contributed by atoms with Gasteiger partial charge >= 0.3 is 0 Å². The Hall–Kier alpha value is -2.63. The van der Waals surface area contributed by atoms with Crippen LogP contribution in [-0.2, 0) is 32.4 Å². The number of sulfonamides is 1. The zero-order chi connectivity index (χ0) is 26.0. The van der Waals surface area contributed by atoms with Crippen molar-refractivity contribution in [3.05, 3.63) is 35.3 Å². The van der Waals surface area contributed by atoms with E-state index in [1.54, 1.807) is 39.8 Å². The summed E-state index contributed by atoms with van der Waals surface area (Å²) in [5.41, 5.74) is 1.86. The molecule has 0 aliphatic heterocycles. The molecule has 1 N–H and O–H groups in total. The molecule has 1 aromatic carbocycles. The van der Waals surface area contributed by atoms with E-state index in [1.807, 2.05) is 13.0 Å². The molecule has 0 amide bonds. The number of thiazole rings is 1. The molecule has 3 aromatic rings. The molecule has 0 saturated heterocycles. The second-order valence-electron chi connectivity index (χ2n) is 9.80. The van der Waals surface area contributed by atoms with Crippen molar-refractivity contribution in [1.29, 1.82) is 0 Å². The van der Waals surface area contributed by atoms with Crippen molar-refractivity contribution in [2.75, 3.05) is 0 Å². The molecule has 0 fully saturated rings. The van der Waals surface area contributed by atoms with Crippen LogP contribution in [-0.4, -0.2) is 41.7 Å². The number of hydrogen-bond donors (Lipinski definition) is 1. The third-order valence-corrected chi connectivity index (χ3v) is 7.81. The molecule has 0 bridgehead atoms. The molecule has 0 atom stereocenters. The SMILES string of the molecule is Cc1cc(S(=O)(=O)NC(C)C)ccc1-c1sc(-c2nnc(CC(C)(C)OC=O)o2)nc1CC(C)C. The van der Waals surface area contributed by atoms with E-state index in [4.69, 9.17) is 14.1 Å². The predicted octanol–water partition coefficient (Wildman–Crippen LogP) is 4.55.